The summed E-state index contributed by atoms with van der Waals surface area (Å²) in [5.41, 5.74) is -0.340. The lowest BCUT2D eigenvalue weighted by Crippen LogP contribution is -2.43. The lowest BCUT2D eigenvalue weighted by Gasteiger charge is -2.34. The van der Waals surface area contributed by atoms with Crippen LogP contribution in [-0.2, 0) is 4.79 Å². The van der Waals surface area contributed by atoms with E-state index in [-0.39, 0.29) is 11.3 Å². The molecule has 0 radical (unpaired) electrons. The Hall–Kier alpha value is -1.85. The number of carbonyl (C=O) groups is 1. The van der Waals surface area contributed by atoms with Crippen LogP contribution in [0.2, 0.25) is 0 Å². The molecule has 1 aliphatic rings. The van der Waals surface area contributed by atoms with Crippen molar-refractivity contribution in [2.24, 2.45) is 11.3 Å². The summed E-state index contributed by atoms with van der Waals surface area (Å²) in [6.45, 7) is 10.9. The highest BCUT2D eigenvalue weighted by Gasteiger charge is 2.25. The van der Waals surface area contributed by atoms with Crippen molar-refractivity contribution < 1.29 is 9.53 Å². The SMILES string of the molecule is CCOc1cc(N2CCCC(CNC(=O)C(C)(C)C)C2)ncn1. The molecule has 1 unspecified atom stereocenters. The molecule has 2 heterocycles. The molecule has 1 amide bonds. The van der Waals surface area contributed by atoms with Crippen molar-refractivity contribution in [2.75, 3.05) is 31.1 Å². The van der Waals surface area contributed by atoms with Crippen LogP contribution in [0.5, 0.6) is 5.88 Å². The summed E-state index contributed by atoms with van der Waals surface area (Å²) in [5, 5.41) is 3.07. The van der Waals surface area contributed by atoms with Crippen LogP contribution in [0.1, 0.15) is 40.5 Å². The van der Waals surface area contributed by atoms with Crippen LogP contribution in [-0.4, -0.2) is 42.1 Å². The number of anilines is 1. The highest BCUT2D eigenvalue weighted by Crippen LogP contribution is 2.23. The van der Waals surface area contributed by atoms with Gasteiger partial charge in [-0.3, -0.25) is 4.79 Å². The van der Waals surface area contributed by atoms with Crippen molar-refractivity contribution >= 4 is 11.7 Å². The molecule has 1 aromatic heterocycles. The molecule has 0 aromatic carbocycles. The first-order valence-electron chi connectivity index (χ1n) is 8.38. The predicted octanol–water partition coefficient (Wildman–Crippen LogP) is 2.25. The lowest BCUT2D eigenvalue weighted by atomic mass is 9.94. The van der Waals surface area contributed by atoms with E-state index in [4.69, 9.17) is 4.74 Å². The standard InChI is InChI=1S/C17H28N4O2/c1-5-23-15-9-14(19-12-20-15)21-8-6-7-13(11-21)10-18-16(22)17(2,3)4/h9,12-13H,5-8,10-11H2,1-4H3,(H,18,22). The van der Waals surface area contributed by atoms with Crippen LogP contribution in [0.3, 0.4) is 0 Å². The van der Waals surface area contributed by atoms with E-state index in [1.165, 1.54) is 0 Å². The summed E-state index contributed by atoms with van der Waals surface area (Å²) in [5.74, 6) is 2.06. The predicted molar refractivity (Wildman–Crippen MR) is 90.6 cm³/mol. The van der Waals surface area contributed by atoms with Gasteiger partial charge in [-0.05, 0) is 25.7 Å². The molecule has 6 heteroatoms. The van der Waals surface area contributed by atoms with Gasteiger partial charge >= 0.3 is 0 Å². The molecule has 1 aromatic rings. The van der Waals surface area contributed by atoms with Gasteiger partial charge in [-0.1, -0.05) is 20.8 Å². The topological polar surface area (TPSA) is 67.3 Å². The van der Waals surface area contributed by atoms with Crippen molar-refractivity contribution in [3.8, 4) is 5.88 Å². The molecule has 6 nitrogen and oxygen atoms in total. The van der Waals surface area contributed by atoms with E-state index in [1.807, 2.05) is 33.8 Å². The Morgan fingerprint density at radius 2 is 2.22 bits per heavy atom. The quantitative estimate of drug-likeness (QED) is 0.901. The number of hydrogen-bond donors (Lipinski definition) is 1. The molecule has 2 rings (SSSR count). The summed E-state index contributed by atoms with van der Waals surface area (Å²) in [6, 6.07) is 1.89. The molecule has 0 saturated carbocycles. The Morgan fingerprint density at radius 3 is 2.91 bits per heavy atom. The molecule has 0 bridgehead atoms. The number of aromatic nitrogens is 2. The van der Waals surface area contributed by atoms with Crippen molar-refractivity contribution in [2.45, 2.75) is 40.5 Å². The van der Waals surface area contributed by atoms with Crippen molar-refractivity contribution in [1.29, 1.82) is 0 Å². The van der Waals surface area contributed by atoms with Crippen LogP contribution >= 0.6 is 0 Å². The van der Waals surface area contributed by atoms with Gasteiger partial charge in [-0.15, -0.1) is 0 Å². The fraction of sp³-hybridized carbons (Fsp3) is 0.706. The average Bonchev–Trinajstić information content (AvgIpc) is 2.52. The molecule has 1 atom stereocenters. The molecular formula is C17H28N4O2. The molecule has 0 aliphatic carbocycles. The maximum absolute atomic E-state index is 12.0. The van der Waals surface area contributed by atoms with Crippen molar-refractivity contribution in [1.82, 2.24) is 15.3 Å². The lowest BCUT2D eigenvalue weighted by molar-refractivity contribution is -0.128. The average molecular weight is 320 g/mol. The van der Waals surface area contributed by atoms with Crippen LogP contribution in [0, 0.1) is 11.3 Å². The largest absolute Gasteiger partial charge is 0.478 e. The third-order valence-corrected chi connectivity index (χ3v) is 4.00. The second-order valence-corrected chi connectivity index (χ2v) is 7.06. The van der Waals surface area contributed by atoms with Gasteiger partial charge in [0.05, 0.1) is 6.61 Å². The van der Waals surface area contributed by atoms with Crippen LogP contribution in [0.4, 0.5) is 5.82 Å². The third-order valence-electron chi connectivity index (χ3n) is 4.00. The fourth-order valence-corrected chi connectivity index (χ4v) is 2.67. The number of carbonyl (C=O) groups excluding carboxylic acids is 1. The van der Waals surface area contributed by atoms with Crippen LogP contribution < -0.4 is 15.0 Å². The normalized spacial score (nSPS) is 18.6. The monoisotopic (exact) mass is 320 g/mol. The van der Waals surface area contributed by atoms with E-state index in [0.717, 1.165) is 38.3 Å². The minimum Gasteiger partial charge on any atom is -0.478 e. The number of nitrogens with one attached hydrogen (secondary N) is 1. The smallest absolute Gasteiger partial charge is 0.225 e. The van der Waals surface area contributed by atoms with E-state index >= 15 is 0 Å². The number of hydrogen-bond acceptors (Lipinski definition) is 5. The van der Waals surface area contributed by atoms with Gasteiger partial charge in [0.1, 0.15) is 12.1 Å². The Morgan fingerprint density at radius 1 is 1.43 bits per heavy atom. The van der Waals surface area contributed by atoms with Crippen LogP contribution in [0.25, 0.3) is 0 Å². The van der Waals surface area contributed by atoms with Crippen molar-refractivity contribution in [3.63, 3.8) is 0 Å². The minimum atomic E-state index is -0.340. The van der Waals surface area contributed by atoms with Gasteiger partial charge in [-0.25, -0.2) is 9.97 Å². The number of amides is 1. The van der Waals surface area contributed by atoms with Gasteiger partial charge in [0.25, 0.3) is 0 Å². The van der Waals surface area contributed by atoms with Gasteiger partial charge in [0.2, 0.25) is 11.8 Å². The fourth-order valence-electron chi connectivity index (χ4n) is 2.67. The number of nitrogens with zero attached hydrogens (tertiary/aromatic N) is 3. The molecule has 1 N–H and O–H groups in total. The molecule has 23 heavy (non-hydrogen) atoms. The zero-order valence-electron chi connectivity index (χ0n) is 14.6. The second-order valence-electron chi connectivity index (χ2n) is 7.06. The number of piperidine rings is 1. The molecule has 1 aliphatic heterocycles. The maximum atomic E-state index is 12.0. The first kappa shape index (κ1) is 17.5. The molecule has 1 saturated heterocycles. The number of ether oxygens (including phenoxy) is 1. The van der Waals surface area contributed by atoms with Crippen LogP contribution in [0.15, 0.2) is 12.4 Å². The Kier molecular flexibility index (Phi) is 5.80. The highest BCUT2D eigenvalue weighted by atomic mass is 16.5. The maximum Gasteiger partial charge on any atom is 0.225 e. The second kappa shape index (κ2) is 7.62. The number of rotatable bonds is 5. The summed E-state index contributed by atoms with van der Waals surface area (Å²) in [4.78, 5) is 22.7. The summed E-state index contributed by atoms with van der Waals surface area (Å²) in [7, 11) is 0. The first-order valence-corrected chi connectivity index (χ1v) is 8.38. The Bertz CT molecular complexity index is 528. The minimum absolute atomic E-state index is 0.107. The summed E-state index contributed by atoms with van der Waals surface area (Å²) < 4.78 is 5.45. The zero-order valence-corrected chi connectivity index (χ0v) is 14.6. The van der Waals surface area contributed by atoms with E-state index in [1.54, 1.807) is 6.33 Å². The molecule has 128 valence electrons. The van der Waals surface area contributed by atoms with Gasteiger partial charge in [0.15, 0.2) is 0 Å². The Labute approximate surface area is 138 Å². The Balaban J connectivity index is 1.93. The highest BCUT2D eigenvalue weighted by molar-refractivity contribution is 5.81. The summed E-state index contributed by atoms with van der Waals surface area (Å²) in [6.07, 6.45) is 3.78. The van der Waals surface area contributed by atoms with E-state index < -0.39 is 0 Å². The van der Waals surface area contributed by atoms with E-state index in [9.17, 15) is 4.79 Å². The zero-order chi connectivity index (χ0) is 16.9. The van der Waals surface area contributed by atoms with E-state index in [0.29, 0.717) is 18.4 Å². The van der Waals surface area contributed by atoms with Crippen molar-refractivity contribution in [3.05, 3.63) is 12.4 Å². The third kappa shape index (κ3) is 5.08. The molecule has 0 spiro atoms. The van der Waals surface area contributed by atoms with E-state index in [2.05, 4.69) is 20.2 Å². The molecular weight excluding hydrogens is 292 g/mol. The molecule has 1 fully saturated rings. The summed E-state index contributed by atoms with van der Waals surface area (Å²) >= 11 is 0. The van der Waals surface area contributed by atoms with Gasteiger partial charge in [-0.2, -0.15) is 0 Å². The first-order chi connectivity index (χ1) is 10.9. The van der Waals surface area contributed by atoms with Gasteiger partial charge < -0.3 is 15.0 Å². The van der Waals surface area contributed by atoms with Gasteiger partial charge in [0, 0.05) is 31.1 Å².